The third-order valence-corrected chi connectivity index (χ3v) is 6.22. The summed E-state index contributed by atoms with van der Waals surface area (Å²) in [6.45, 7) is 1.86. The van der Waals surface area contributed by atoms with E-state index in [0.717, 1.165) is 59.7 Å². The average Bonchev–Trinajstić information content (AvgIpc) is 2.89. The molecule has 0 unspecified atom stereocenters. The van der Waals surface area contributed by atoms with Crippen molar-refractivity contribution in [2.45, 2.75) is 18.9 Å². The summed E-state index contributed by atoms with van der Waals surface area (Å²) in [5, 5.41) is 3.79. The van der Waals surface area contributed by atoms with Crippen molar-refractivity contribution in [1.82, 2.24) is 15.0 Å². The first-order valence-corrected chi connectivity index (χ1v) is 12.0. The van der Waals surface area contributed by atoms with E-state index in [4.69, 9.17) is 22.3 Å². The van der Waals surface area contributed by atoms with E-state index in [0.29, 0.717) is 5.15 Å². The number of allylic oxidation sites excluding steroid dienone is 1. The van der Waals surface area contributed by atoms with Gasteiger partial charge in [-0.3, -0.25) is 9.98 Å². The van der Waals surface area contributed by atoms with Crippen LogP contribution in [-0.4, -0.2) is 40.3 Å². The minimum absolute atomic E-state index is 0.242. The van der Waals surface area contributed by atoms with Gasteiger partial charge in [0.15, 0.2) is 0 Å². The van der Waals surface area contributed by atoms with Crippen molar-refractivity contribution in [3.05, 3.63) is 90.0 Å². The largest absolute Gasteiger partial charge is 0.404 e. The zero-order valence-electron chi connectivity index (χ0n) is 19.2. The molecule has 3 heterocycles. The SMILES string of the molecule is NC=C(C=NC1CCN(c2cccc(Nc3cccc(Cl)n3)c2)CC1)c1cnc2ccccc2n1. The van der Waals surface area contributed by atoms with Gasteiger partial charge >= 0.3 is 0 Å². The Hall–Kier alpha value is -3.97. The number of para-hydroxylation sites is 2. The summed E-state index contributed by atoms with van der Waals surface area (Å²) in [6, 6.07) is 21.9. The molecule has 0 bridgehead atoms. The lowest BCUT2D eigenvalue weighted by Gasteiger charge is -2.32. The van der Waals surface area contributed by atoms with Gasteiger partial charge in [-0.25, -0.2) is 9.97 Å². The number of hydrogen-bond acceptors (Lipinski definition) is 7. The number of pyridine rings is 1. The molecule has 0 radical (unpaired) electrons. The van der Waals surface area contributed by atoms with Crippen molar-refractivity contribution in [3.63, 3.8) is 0 Å². The van der Waals surface area contributed by atoms with Crippen LogP contribution >= 0.6 is 11.6 Å². The first-order valence-electron chi connectivity index (χ1n) is 11.6. The van der Waals surface area contributed by atoms with E-state index < -0.39 is 0 Å². The quantitative estimate of drug-likeness (QED) is 0.279. The standard InChI is InChI=1S/C27H26ClN7/c28-26-9-4-10-27(34-26)32-21-5-3-6-22(15-21)35-13-11-20(12-14-35)30-17-19(16-29)25-18-31-23-7-1-2-8-24(23)33-25/h1-10,15-18,20H,11-14,29H2,(H,32,34). The van der Waals surface area contributed by atoms with Crippen molar-refractivity contribution < 1.29 is 0 Å². The maximum atomic E-state index is 6.00. The molecule has 2 aromatic heterocycles. The van der Waals surface area contributed by atoms with Gasteiger partial charge in [-0.05, 0) is 55.3 Å². The van der Waals surface area contributed by atoms with E-state index in [1.165, 1.54) is 5.69 Å². The molecule has 176 valence electrons. The van der Waals surface area contributed by atoms with Crippen LogP contribution in [0.4, 0.5) is 17.2 Å². The first-order chi connectivity index (χ1) is 17.2. The van der Waals surface area contributed by atoms with E-state index in [1.807, 2.05) is 48.7 Å². The molecule has 1 saturated heterocycles. The summed E-state index contributed by atoms with van der Waals surface area (Å²) in [4.78, 5) is 20.7. The molecule has 4 aromatic rings. The van der Waals surface area contributed by atoms with Crippen LogP contribution in [0.1, 0.15) is 18.5 Å². The van der Waals surface area contributed by atoms with E-state index in [2.05, 4.69) is 43.4 Å². The smallest absolute Gasteiger partial charge is 0.132 e. The van der Waals surface area contributed by atoms with Crippen LogP contribution < -0.4 is 16.0 Å². The van der Waals surface area contributed by atoms with E-state index >= 15 is 0 Å². The van der Waals surface area contributed by atoms with Crippen LogP contribution in [-0.2, 0) is 0 Å². The Morgan fingerprint density at radius 3 is 2.60 bits per heavy atom. The van der Waals surface area contributed by atoms with Gasteiger partial charge in [-0.15, -0.1) is 0 Å². The fraction of sp³-hybridized carbons (Fsp3) is 0.185. The number of anilines is 3. The van der Waals surface area contributed by atoms with Crippen molar-refractivity contribution in [1.29, 1.82) is 0 Å². The Labute approximate surface area is 209 Å². The molecule has 1 aliphatic rings. The molecule has 2 aromatic carbocycles. The summed E-state index contributed by atoms with van der Waals surface area (Å²) in [6.07, 6.45) is 7.05. The topological polar surface area (TPSA) is 92.3 Å². The van der Waals surface area contributed by atoms with Crippen molar-refractivity contribution >= 4 is 51.6 Å². The zero-order chi connectivity index (χ0) is 24.0. The third-order valence-electron chi connectivity index (χ3n) is 6.01. The Morgan fingerprint density at radius 1 is 1.00 bits per heavy atom. The summed E-state index contributed by atoms with van der Waals surface area (Å²) < 4.78 is 0. The number of nitrogens with one attached hydrogen (secondary N) is 1. The zero-order valence-corrected chi connectivity index (χ0v) is 19.9. The number of halogens is 1. The minimum Gasteiger partial charge on any atom is -0.404 e. The Morgan fingerprint density at radius 2 is 1.80 bits per heavy atom. The predicted octanol–water partition coefficient (Wildman–Crippen LogP) is 5.46. The number of rotatable bonds is 6. The van der Waals surface area contributed by atoms with Gasteiger partial charge in [0.05, 0.1) is 29.0 Å². The number of hydrogen-bond donors (Lipinski definition) is 2. The number of piperidine rings is 1. The van der Waals surface area contributed by atoms with Gasteiger partial charge in [0.2, 0.25) is 0 Å². The van der Waals surface area contributed by atoms with E-state index in [1.54, 1.807) is 18.5 Å². The highest BCUT2D eigenvalue weighted by Crippen LogP contribution is 2.26. The lowest BCUT2D eigenvalue weighted by Crippen LogP contribution is -2.35. The minimum atomic E-state index is 0.242. The molecule has 0 atom stereocenters. The second kappa shape index (κ2) is 10.5. The van der Waals surface area contributed by atoms with Crippen LogP contribution in [0.2, 0.25) is 5.15 Å². The molecule has 3 N–H and O–H groups in total. The molecule has 0 spiro atoms. The van der Waals surface area contributed by atoms with E-state index in [-0.39, 0.29) is 6.04 Å². The fourth-order valence-corrected chi connectivity index (χ4v) is 4.32. The normalized spacial score (nSPS) is 15.1. The Balaban J connectivity index is 1.20. The lowest BCUT2D eigenvalue weighted by atomic mass is 10.0. The fourth-order valence-electron chi connectivity index (χ4n) is 4.16. The number of fused-ring (bicyclic) bond motifs is 1. The van der Waals surface area contributed by atoms with Crippen LogP contribution in [0.3, 0.4) is 0 Å². The van der Waals surface area contributed by atoms with Gasteiger partial charge in [0, 0.05) is 42.5 Å². The summed E-state index contributed by atoms with van der Waals surface area (Å²) in [5.41, 5.74) is 11.3. The summed E-state index contributed by atoms with van der Waals surface area (Å²) in [5.74, 6) is 0.725. The molecular formula is C27H26ClN7. The van der Waals surface area contributed by atoms with Crippen molar-refractivity contribution in [2.75, 3.05) is 23.3 Å². The molecule has 0 saturated carbocycles. The van der Waals surface area contributed by atoms with Gasteiger partial charge in [-0.1, -0.05) is 35.9 Å². The summed E-state index contributed by atoms with van der Waals surface area (Å²) in [7, 11) is 0. The van der Waals surface area contributed by atoms with Crippen LogP contribution in [0.5, 0.6) is 0 Å². The first kappa shape index (κ1) is 22.8. The number of aliphatic imine (C=N–C) groups is 1. The maximum absolute atomic E-state index is 6.00. The van der Waals surface area contributed by atoms with Gasteiger partial charge in [0.1, 0.15) is 11.0 Å². The highest BCUT2D eigenvalue weighted by Gasteiger charge is 2.19. The molecule has 8 heteroatoms. The average molecular weight is 484 g/mol. The highest BCUT2D eigenvalue weighted by molar-refractivity contribution is 6.29. The monoisotopic (exact) mass is 483 g/mol. The van der Waals surface area contributed by atoms with Crippen molar-refractivity contribution in [3.8, 4) is 0 Å². The Bertz CT molecular complexity index is 1380. The highest BCUT2D eigenvalue weighted by atomic mass is 35.5. The van der Waals surface area contributed by atoms with Gasteiger partial charge in [-0.2, -0.15) is 0 Å². The second-order valence-electron chi connectivity index (χ2n) is 8.38. The van der Waals surface area contributed by atoms with Crippen molar-refractivity contribution in [2.24, 2.45) is 10.7 Å². The molecular weight excluding hydrogens is 458 g/mol. The third kappa shape index (κ3) is 5.58. The molecule has 0 aliphatic carbocycles. The van der Waals surface area contributed by atoms with Gasteiger partial charge in [0.25, 0.3) is 0 Å². The maximum Gasteiger partial charge on any atom is 0.132 e. The van der Waals surface area contributed by atoms with Gasteiger partial charge < -0.3 is 16.0 Å². The lowest BCUT2D eigenvalue weighted by molar-refractivity contribution is 0.505. The molecule has 1 aliphatic heterocycles. The number of nitrogens with zero attached hydrogens (tertiary/aromatic N) is 5. The predicted molar refractivity (Wildman–Crippen MR) is 144 cm³/mol. The van der Waals surface area contributed by atoms with Crippen LogP contribution in [0, 0.1) is 0 Å². The van der Waals surface area contributed by atoms with Crippen LogP contribution in [0.15, 0.2) is 84.1 Å². The molecule has 7 nitrogen and oxygen atoms in total. The number of benzene rings is 2. The molecule has 1 fully saturated rings. The Kier molecular flexibility index (Phi) is 6.86. The van der Waals surface area contributed by atoms with E-state index in [9.17, 15) is 0 Å². The number of nitrogens with two attached hydrogens (primary N) is 1. The molecule has 0 amide bonds. The molecule has 5 rings (SSSR count). The summed E-state index contributed by atoms with van der Waals surface area (Å²) >= 11 is 6.00. The molecule has 35 heavy (non-hydrogen) atoms. The van der Waals surface area contributed by atoms with Crippen LogP contribution in [0.25, 0.3) is 16.6 Å². The number of aromatic nitrogens is 3. The second-order valence-corrected chi connectivity index (χ2v) is 8.77.